The molecule has 3 rings (SSSR count). The largest absolute Gasteiger partial charge is 0.459 e. The minimum absolute atomic E-state index is 0.150. The zero-order valence-corrected chi connectivity index (χ0v) is 15.3. The third kappa shape index (κ3) is 4.80. The van der Waals surface area contributed by atoms with Gasteiger partial charge in [-0.1, -0.05) is 18.2 Å². The van der Waals surface area contributed by atoms with Gasteiger partial charge in [0.05, 0.1) is 6.26 Å². The second-order valence-electron chi connectivity index (χ2n) is 5.74. The number of nitrogens with one attached hydrogen (secondary N) is 3. The summed E-state index contributed by atoms with van der Waals surface area (Å²) < 4.78 is 5.02. The second kappa shape index (κ2) is 8.29. The van der Waals surface area contributed by atoms with Crippen molar-refractivity contribution in [3.63, 3.8) is 0 Å². The molecule has 6 nitrogen and oxygen atoms in total. The van der Waals surface area contributed by atoms with Gasteiger partial charge >= 0.3 is 0 Å². The topological polar surface area (TPSA) is 83.4 Å². The average molecular weight is 379 g/mol. The Morgan fingerprint density at radius 3 is 2.37 bits per heavy atom. The van der Waals surface area contributed by atoms with Gasteiger partial charge < -0.3 is 15.1 Å². The number of carbonyl (C=O) groups is 2. The Balaban J connectivity index is 1.61. The molecule has 7 heteroatoms. The Hall–Kier alpha value is -3.45. The van der Waals surface area contributed by atoms with Gasteiger partial charge in [0.2, 0.25) is 0 Å². The molecule has 0 aliphatic heterocycles. The Morgan fingerprint density at radius 2 is 1.70 bits per heavy atom. The summed E-state index contributed by atoms with van der Waals surface area (Å²) in [4.78, 5) is 24.2. The molecule has 0 unspecified atom stereocenters. The van der Waals surface area contributed by atoms with Crippen LogP contribution in [0.15, 0.2) is 71.3 Å². The normalized spacial score (nSPS) is 10.1. The van der Waals surface area contributed by atoms with Crippen LogP contribution in [0.25, 0.3) is 0 Å². The maximum atomic E-state index is 12.3. The number of thiocarbonyl (C=S) groups is 1. The Bertz CT molecular complexity index is 969. The molecule has 27 heavy (non-hydrogen) atoms. The zero-order valence-electron chi connectivity index (χ0n) is 14.5. The van der Waals surface area contributed by atoms with E-state index >= 15 is 0 Å². The highest BCUT2D eigenvalue weighted by Gasteiger charge is 2.11. The second-order valence-corrected chi connectivity index (χ2v) is 6.14. The minimum atomic E-state index is -0.430. The fourth-order valence-corrected chi connectivity index (χ4v) is 2.61. The summed E-state index contributed by atoms with van der Waals surface area (Å²) in [6.07, 6.45) is 1.41. The molecule has 0 radical (unpaired) electrons. The molecule has 3 aromatic rings. The highest BCUT2D eigenvalue weighted by atomic mass is 32.1. The third-order valence-corrected chi connectivity index (χ3v) is 3.94. The smallest absolute Gasteiger partial charge is 0.293 e. The van der Waals surface area contributed by atoms with Crippen LogP contribution >= 0.6 is 12.2 Å². The van der Waals surface area contributed by atoms with Crippen molar-refractivity contribution < 1.29 is 14.0 Å². The summed E-state index contributed by atoms with van der Waals surface area (Å²) in [6, 6.07) is 17.5. The zero-order chi connectivity index (χ0) is 19.2. The van der Waals surface area contributed by atoms with Crippen LogP contribution in [0.1, 0.15) is 26.5 Å². The number of aryl methyl sites for hydroxylation is 1. The van der Waals surface area contributed by atoms with Crippen LogP contribution in [-0.2, 0) is 0 Å². The minimum Gasteiger partial charge on any atom is -0.459 e. The van der Waals surface area contributed by atoms with E-state index in [1.807, 2.05) is 31.2 Å². The number of furan rings is 1. The molecule has 0 aliphatic carbocycles. The van der Waals surface area contributed by atoms with Crippen molar-refractivity contribution in [3.8, 4) is 0 Å². The lowest BCUT2D eigenvalue weighted by Crippen LogP contribution is -2.33. The van der Waals surface area contributed by atoms with Crippen molar-refractivity contribution >= 4 is 40.5 Å². The number of amides is 2. The summed E-state index contributed by atoms with van der Waals surface area (Å²) in [7, 11) is 0. The first-order valence-electron chi connectivity index (χ1n) is 8.16. The van der Waals surface area contributed by atoms with Gasteiger partial charge in [-0.25, -0.2) is 0 Å². The maximum Gasteiger partial charge on any atom is 0.293 e. The Kier molecular flexibility index (Phi) is 5.63. The van der Waals surface area contributed by atoms with Gasteiger partial charge in [0.25, 0.3) is 11.8 Å². The average Bonchev–Trinajstić information content (AvgIpc) is 3.19. The van der Waals surface area contributed by atoms with Crippen LogP contribution in [-0.4, -0.2) is 16.9 Å². The highest BCUT2D eigenvalue weighted by Crippen LogP contribution is 2.20. The lowest BCUT2D eigenvalue weighted by atomic mass is 10.1. The van der Waals surface area contributed by atoms with E-state index in [-0.39, 0.29) is 16.8 Å². The van der Waals surface area contributed by atoms with E-state index < -0.39 is 5.91 Å². The van der Waals surface area contributed by atoms with Gasteiger partial charge in [0.1, 0.15) is 0 Å². The van der Waals surface area contributed by atoms with Gasteiger partial charge in [0.15, 0.2) is 10.9 Å². The molecular weight excluding hydrogens is 362 g/mol. The van der Waals surface area contributed by atoms with Gasteiger partial charge in [-0.2, -0.15) is 0 Å². The molecule has 2 amide bonds. The van der Waals surface area contributed by atoms with E-state index in [0.717, 1.165) is 5.56 Å². The van der Waals surface area contributed by atoms with E-state index in [9.17, 15) is 9.59 Å². The van der Waals surface area contributed by atoms with Crippen LogP contribution in [0.4, 0.5) is 11.4 Å². The number of hydrogen-bond donors (Lipinski definition) is 3. The molecule has 0 fully saturated rings. The van der Waals surface area contributed by atoms with Crippen molar-refractivity contribution in [3.05, 3.63) is 83.8 Å². The Labute approximate surface area is 161 Å². The molecule has 136 valence electrons. The van der Waals surface area contributed by atoms with Crippen LogP contribution in [0.2, 0.25) is 0 Å². The van der Waals surface area contributed by atoms with E-state index in [1.54, 1.807) is 36.4 Å². The molecule has 0 saturated heterocycles. The molecule has 1 heterocycles. The SMILES string of the molecule is Cc1cc(NC(=S)NC(=O)c2ccco2)ccc1NC(=O)c1ccccc1. The molecule has 0 spiro atoms. The summed E-state index contributed by atoms with van der Waals surface area (Å²) in [6.45, 7) is 1.87. The number of rotatable bonds is 4. The molecule has 0 aliphatic rings. The maximum absolute atomic E-state index is 12.3. The predicted molar refractivity (Wildman–Crippen MR) is 108 cm³/mol. The monoisotopic (exact) mass is 379 g/mol. The number of hydrogen-bond acceptors (Lipinski definition) is 4. The number of anilines is 2. The fraction of sp³-hybridized carbons (Fsp3) is 0.0500. The molecular formula is C20H17N3O3S. The van der Waals surface area contributed by atoms with Gasteiger partial charge in [-0.3, -0.25) is 14.9 Å². The fourth-order valence-electron chi connectivity index (χ4n) is 2.40. The van der Waals surface area contributed by atoms with Crippen molar-refractivity contribution in [2.24, 2.45) is 0 Å². The van der Waals surface area contributed by atoms with Gasteiger partial charge in [0, 0.05) is 16.9 Å². The van der Waals surface area contributed by atoms with E-state index in [0.29, 0.717) is 16.9 Å². The van der Waals surface area contributed by atoms with Crippen molar-refractivity contribution in [1.82, 2.24) is 5.32 Å². The highest BCUT2D eigenvalue weighted by molar-refractivity contribution is 7.80. The molecule has 0 saturated carbocycles. The summed E-state index contributed by atoms with van der Waals surface area (Å²) in [5.74, 6) is -0.434. The lowest BCUT2D eigenvalue weighted by molar-refractivity contribution is 0.0950. The molecule has 2 aromatic carbocycles. The Morgan fingerprint density at radius 1 is 0.926 bits per heavy atom. The lowest BCUT2D eigenvalue weighted by Gasteiger charge is -2.12. The van der Waals surface area contributed by atoms with E-state index in [1.165, 1.54) is 6.26 Å². The first kappa shape index (κ1) is 18.3. The first-order valence-corrected chi connectivity index (χ1v) is 8.56. The summed E-state index contributed by atoms with van der Waals surface area (Å²) in [5.41, 5.74) is 2.82. The molecule has 1 aromatic heterocycles. The summed E-state index contributed by atoms with van der Waals surface area (Å²) >= 11 is 5.14. The van der Waals surface area contributed by atoms with Crippen molar-refractivity contribution in [1.29, 1.82) is 0 Å². The van der Waals surface area contributed by atoms with Crippen LogP contribution < -0.4 is 16.0 Å². The molecule has 0 atom stereocenters. The van der Waals surface area contributed by atoms with E-state index in [2.05, 4.69) is 16.0 Å². The number of carbonyl (C=O) groups excluding carboxylic acids is 2. The number of benzene rings is 2. The quantitative estimate of drug-likeness (QED) is 0.598. The van der Waals surface area contributed by atoms with Crippen LogP contribution in [0, 0.1) is 6.92 Å². The van der Waals surface area contributed by atoms with Crippen LogP contribution in [0.5, 0.6) is 0 Å². The van der Waals surface area contributed by atoms with Crippen molar-refractivity contribution in [2.45, 2.75) is 6.92 Å². The summed E-state index contributed by atoms with van der Waals surface area (Å²) in [5, 5.41) is 8.50. The molecule has 0 bridgehead atoms. The van der Waals surface area contributed by atoms with Crippen molar-refractivity contribution in [2.75, 3.05) is 10.6 Å². The standard InChI is InChI=1S/C20H17N3O3S/c1-13-12-15(21-20(27)23-19(25)17-8-5-11-26-17)9-10-16(13)22-18(24)14-6-3-2-4-7-14/h2-12H,1H3,(H,22,24)(H2,21,23,25,27). The van der Waals surface area contributed by atoms with Crippen LogP contribution in [0.3, 0.4) is 0 Å². The third-order valence-electron chi connectivity index (χ3n) is 3.74. The van der Waals surface area contributed by atoms with Gasteiger partial charge in [-0.05, 0) is 67.2 Å². The first-order chi connectivity index (χ1) is 13.0. The van der Waals surface area contributed by atoms with Gasteiger partial charge in [-0.15, -0.1) is 0 Å². The predicted octanol–water partition coefficient (Wildman–Crippen LogP) is 3.97. The van der Waals surface area contributed by atoms with E-state index in [4.69, 9.17) is 16.6 Å². The molecule has 3 N–H and O–H groups in total.